The molecular formula is C35H33ClFNO6. The molecule has 0 unspecified atom stereocenters. The number of carboxylic acids is 2. The number of ether oxygens (including phenoxy) is 2. The Morgan fingerprint density at radius 3 is 2.32 bits per heavy atom. The second-order valence-corrected chi connectivity index (χ2v) is 11.5. The van der Waals surface area contributed by atoms with E-state index in [9.17, 15) is 19.8 Å². The van der Waals surface area contributed by atoms with Crippen molar-refractivity contribution < 1.29 is 33.7 Å². The number of hydrogen-bond acceptors (Lipinski definition) is 4. The van der Waals surface area contributed by atoms with Gasteiger partial charge in [-0.05, 0) is 96.8 Å². The van der Waals surface area contributed by atoms with Gasteiger partial charge in [0.15, 0.2) is 0 Å². The number of para-hydroxylation sites is 1. The van der Waals surface area contributed by atoms with Gasteiger partial charge in [0, 0.05) is 11.1 Å². The molecular weight excluding hydrogens is 585 g/mol. The third kappa shape index (κ3) is 7.32. The van der Waals surface area contributed by atoms with Gasteiger partial charge in [-0.1, -0.05) is 48.0 Å². The fraction of sp³-hybridized carbons (Fsp3) is 0.257. The highest BCUT2D eigenvalue weighted by Crippen LogP contribution is 2.53. The molecule has 1 heterocycles. The topological polar surface area (TPSA) is 98.0 Å². The molecule has 44 heavy (non-hydrogen) atoms. The zero-order chi connectivity index (χ0) is 31.3. The van der Waals surface area contributed by atoms with Gasteiger partial charge in [-0.3, -0.25) is 9.59 Å². The van der Waals surface area contributed by atoms with E-state index in [2.05, 4.69) is 0 Å². The van der Waals surface area contributed by atoms with Crippen molar-refractivity contribution in [2.75, 3.05) is 13.2 Å². The van der Waals surface area contributed by atoms with E-state index < -0.39 is 23.2 Å². The lowest BCUT2D eigenvalue weighted by Gasteiger charge is -2.13. The van der Waals surface area contributed by atoms with Crippen LogP contribution in [0.2, 0.25) is 5.02 Å². The molecule has 0 bridgehead atoms. The average molecular weight is 618 g/mol. The summed E-state index contributed by atoms with van der Waals surface area (Å²) in [6.07, 6.45) is 9.33. The number of aliphatic carboxylic acids is 2. The molecule has 5 rings (SSSR count). The minimum atomic E-state index is -1.04. The Morgan fingerprint density at radius 1 is 0.955 bits per heavy atom. The number of fused-ring (bicyclic) bond motifs is 1. The molecule has 3 aromatic carbocycles. The second kappa shape index (κ2) is 13.4. The largest absolute Gasteiger partial charge is 0.490 e. The van der Waals surface area contributed by atoms with Crippen LogP contribution in [0.25, 0.3) is 23.1 Å². The maximum absolute atomic E-state index is 15.4. The molecule has 1 fully saturated rings. The minimum absolute atomic E-state index is 0.00719. The first kappa shape index (κ1) is 30.9. The van der Waals surface area contributed by atoms with Crippen LogP contribution in [0, 0.1) is 18.2 Å². The third-order valence-corrected chi connectivity index (χ3v) is 8.23. The quantitative estimate of drug-likeness (QED) is 0.111. The predicted octanol–water partition coefficient (Wildman–Crippen LogP) is 7.81. The molecule has 228 valence electrons. The van der Waals surface area contributed by atoms with Crippen LogP contribution in [0.5, 0.6) is 11.5 Å². The number of rotatable bonds is 14. The zero-order valence-corrected chi connectivity index (χ0v) is 25.0. The summed E-state index contributed by atoms with van der Waals surface area (Å²) < 4.78 is 28.4. The van der Waals surface area contributed by atoms with Crippen molar-refractivity contribution in [3.05, 3.63) is 106 Å². The Bertz CT molecular complexity index is 1740. The lowest BCUT2D eigenvalue weighted by Crippen LogP contribution is -2.13. The molecule has 0 radical (unpaired) electrons. The Balaban J connectivity index is 1.29. The van der Waals surface area contributed by atoms with E-state index in [1.807, 2.05) is 60.7 Å². The van der Waals surface area contributed by atoms with Gasteiger partial charge in [0.05, 0.1) is 17.0 Å². The van der Waals surface area contributed by atoms with E-state index in [0.29, 0.717) is 63.9 Å². The van der Waals surface area contributed by atoms with E-state index in [4.69, 9.17) is 21.1 Å². The highest BCUT2D eigenvalue weighted by Gasteiger charge is 2.45. The van der Waals surface area contributed by atoms with E-state index >= 15 is 4.39 Å². The van der Waals surface area contributed by atoms with Gasteiger partial charge < -0.3 is 24.3 Å². The van der Waals surface area contributed by atoms with Crippen LogP contribution in [0.1, 0.15) is 41.6 Å². The molecule has 0 saturated heterocycles. The van der Waals surface area contributed by atoms with Gasteiger partial charge in [0.2, 0.25) is 0 Å². The van der Waals surface area contributed by atoms with Crippen LogP contribution >= 0.6 is 11.6 Å². The first-order chi connectivity index (χ1) is 21.2. The molecule has 0 spiro atoms. The SMILES string of the molecule is Cc1c(CC2(CC(=O)O)CC2)c2c(F)ccc(C=Cc3ccc(OCC=CCOc4ccccc4Cl)cc3)c2n1CC(=O)O. The summed E-state index contributed by atoms with van der Waals surface area (Å²) in [5.74, 6) is -1.06. The van der Waals surface area contributed by atoms with Crippen molar-refractivity contribution in [1.29, 1.82) is 0 Å². The van der Waals surface area contributed by atoms with Crippen molar-refractivity contribution >= 4 is 46.6 Å². The predicted molar refractivity (Wildman–Crippen MR) is 169 cm³/mol. The van der Waals surface area contributed by atoms with E-state index in [1.54, 1.807) is 29.7 Å². The standard InChI is InChI=1S/C35H33ClFNO6/c1-23-27(20-35(16-17-35)21-31(39)40)33-29(37)15-12-25(34(33)38(23)22-32(41)42)11-8-24-9-13-26(14-10-24)43-18-4-5-19-44-30-7-3-2-6-28(30)36/h2-15H,16-22H2,1H3,(H,39,40)(H,41,42). The summed E-state index contributed by atoms with van der Waals surface area (Å²) in [7, 11) is 0. The molecule has 1 saturated carbocycles. The van der Waals surface area contributed by atoms with Crippen molar-refractivity contribution in [1.82, 2.24) is 4.57 Å². The molecule has 9 heteroatoms. The second-order valence-electron chi connectivity index (χ2n) is 11.1. The Morgan fingerprint density at radius 2 is 1.66 bits per heavy atom. The number of carbonyl (C=O) groups is 2. The molecule has 0 aliphatic heterocycles. The van der Waals surface area contributed by atoms with Crippen molar-refractivity contribution in [2.45, 2.75) is 39.2 Å². The van der Waals surface area contributed by atoms with Crippen LogP contribution in [0.3, 0.4) is 0 Å². The molecule has 1 aromatic heterocycles. The fourth-order valence-electron chi connectivity index (χ4n) is 5.49. The van der Waals surface area contributed by atoms with Gasteiger partial charge in [-0.2, -0.15) is 0 Å². The molecule has 0 atom stereocenters. The van der Waals surface area contributed by atoms with Crippen molar-refractivity contribution in [3.63, 3.8) is 0 Å². The lowest BCUT2D eigenvalue weighted by atomic mass is 9.91. The third-order valence-electron chi connectivity index (χ3n) is 7.92. The van der Waals surface area contributed by atoms with Crippen LogP contribution in [-0.2, 0) is 22.6 Å². The first-order valence-corrected chi connectivity index (χ1v) is 14.7. The maximum atomic E-state index is 15.4. The Kier molecular flexibility index (Phi) is 9.40. The number of hydrogen-bond donors (Lipinski definition) is 2. The van der Waals surface area contributed by atoms with Crippen LogP contribution < -0.4 is 9.47 Å². The Hall–Kier alpha value is -4.56. The number of aromatic nitrogens is 1. The number of nitrogens with zero attached hydrogens (tertiary/aromatic N) is 1. The van der Waals surface area contributed by atoms with Crippen LogP contribution in [0.15, 0.2) is 72.8 Å². The normalized spacial score (nSPS) is 14.0. The smallest absolute Gasteiger partial charge is 0.323 e. The van der Waals surface area contributed by atoms with Gasteiger partial charge in [0.1, 0.15) is 37.1 Å². The number of carboxylic acid groups (broad SMARTS) is 2. The Labute approximate surface area is 259 Å². The first-order valence-electron chi connectivity index (χ1n) is 14.3. The van der Waals surface area contributed by atoms with Gasteiger partial charge >= 0.3 is 11.9 Å². The molecule has 7 nitrogen and oxygen atoms in total. The highest BCUT2D eigenvalue weighted by molar-refractivity contribution is 6.32. The van der Waals surface area contributed by atoms with Crippen LogP contribution in [0.4, 0.5) is 4.39 Å². The summed E-state index contributed by atoms with van der Waals surface area (Å²) in [4.78, 5) is 23.3. The van der Waals surface area contributed by atoms with Gasteiger partial charge in [-0.15, -0.1) is 0 Å². The molecule has 1 aliphatic carbocycles. The summed E-state index contributed by atoms with van der Waals surface area (Å²) >= 11 is 6.08. The zero-order valence-electron chi connectivity index (χ0n) is 24.3. The monoisotopic (exact) mass is 617 g/mol. The molecule has 0 amide bonds. The van der Waals surface area contributed by atoms with E-state index in [1.165, 1.54) is 6.07 Å². The van der Waals surface area contributed by atoms with Gasteiger partial charge in [-0.25, -0.2) is 4.39 Å². The molecule has 2 N–H and O–H groups in total. The number of benzene rings is 3. The summed E-state index contributed by atoms with van der Waals surface area (Å²) in [5, 5.41) is 20.0. The minimum Gasteiger partial charge on any atom is -0.490 e. The fourth-order valence-corrected chi connectivity index (χ4v) is 5.68. The van der Waals surface area contributed by atoms with Crippen molar-refractivity contribution in [2.24, 2.45) is 5.41 Å². The summed E-state index contributed by atoms with van der Waals surface area (Å²) in [6.45, 7) is 2.19. The lowest BCUT2D eigenvalue weighted by molar-refractivity contribution is -0.139. The summed E-state index contributed by atoms with van der Waals surface area (Å²) in [5.41, 5.74) is 2.95. The van der Waals surface area contributed by atoms with Crippen molar-refractivity contribution in [3.8, 4) is 11.5 Å². The van der Waals surface area contributed by atoms with E-state index in [-0.39, 0.29) is 13.0 Å². The highest BCUT2D eigenvalue weighted by atomic mass is 35.5. The van der Waals surface area contributed by atoms with Crippen LogP contribution in [-0.4, -0.2) is 39.9 Å². The van der Waals surface area contributed by atoms with E-state index in [0.717, 1.165) is 18.4 Å². The maximum Gasteiger partial charge on any atom is 0.323 e. The molecule has 1 aliphatic rings. The van der Waals surface area contributed by atoms with Gasteiger partial charge in [0.25, 0.3) is 0 Å². The summed E-state index contributed by atoms with van der Waals surface area (Å²) in [6, 6.07) is 17.8. The number of halogens is 2. The molecule has 4 aromatic rings. The average Bonchev–Trinajstić information content (AvgIpc) is 3.69.